The summed E-state index contributed by atoms with van der Waals surface area (Å²) in [5.41, 5.74) is 9.75. The van der Waals surface area contributed by atoms with Gasteiger partial charge in [0, 0.05) is 17.9 Å². The van der Waals surface area contributed by atoms with Gasteiger partial charge in [-0.3, -0.25) is 0 Å². The summed E-state index contributed by atoms with van der Waals surface area (Å²) in [7, 11) is 1.37. The molecule has 0 saturated carbocycles. The SMILES string of the molecule is COC(=O)c1cc(CN2CCCc3c(N)cccc32)oc1C. The van der Waals surface area contributed by atoms with Crippen LogP contribution in [0.4, 0.5) is 11.4 Å². The first-order chi connectivity index (χ1) is 10.6. The molecule has 0 saturated heterocycles. The van der Waals surface area contributed by atoms with E-state index >= 15 is 0 Å². The molecule has 1 aliphatic rings. The zero-order valence-electron chi connectivity index (χ0n) is 12.9. The van der Waals surface area contributed by atoms with E-state index in [9.17, 15) is 4.79 Å². The van der Waals surface area contributed by atoms with Gasteiger partial charge in [0.1, 0.15) is 17.1 Å². The molecule has 5 heteroatoms. The summed E-state index contributed by atoms with van der Waals surface area (Å²) in [6, 6.07) is 7.76. The molecule has 2 heterocycles. The molecular formula is C17H20N2O3. The molecule has 0 aliphatic carbocycles. The molecule has 116 valence electrons. The third-order valence-electron chi connectivity index (χ3n) is 4.10. The van der Waals surface area contributed by atoms with Crippen LogP contribution in [0.1, 0.15) is 33.9 Å². The fourth-order valence-electron chi connectivity index (χ4n) is 3.01. The van der Waals surface area contributed by atoms with Crippen LogP contribution in [-0.4, -0.2) is 19.6 Å². The Kier molecular flexibility index (Phi) is 3.79. The number of fused-ring (bicyclic) bond motifs is 1. The second-order valence-corrected chi connectivity index (χ2v) is 5.54. The van der Waals surface area contributed by atoms with Crippen molar-refractivity contribution in [3.8, 4) is 0 Å². The first kappa shape index (κ1) is 14.5. The second kappa shape index (κ2) is 5.75. The highest BCUT2D eigenvalue weighted by Gasteiger charge is 2.21. The predicted molar refractivity (Wildman–Crippen MR) is 85.0 cm³/mol. The molecular weight excluding hydrogens is 280 g/mol. The average Bonchev–Trinajstić information content (AvgIpc) is 2.88. The number of ether oxygens (including phenoxy) is 1. The van der Waals surface area contributed by atoms with Crippen LogP contribution < -0.4 is 10.6 Å². The highest BCUT2D eigenvalue weighted by molar-refractivity contribution is 5.90. The van der Waals surface area contributed by atoms with Crippen LogP contribution in [0.3, 0.4) is 0 Å². The maximum Gasteiger partial charge on any atom is 0.341 e. The Labute approximate surface area is 129 Å². The van der Waals surface area contributed by atoms with Crippen molar-refractivity contribution in [2.75, 3.05) is 24.3 Å². The number of benzene rings is 1. The summed E-state index contributed by atoms with van der Waals surface area (Å²) >= 11 is 0. The van der Waals surface area contributed by atoms with Crippen LogP contribution in [0.5, 0.6) is 0 Å². The second-order valence-electron chi connectivity index (χ2n) is 5.54. The molecule has 0 fully saturated rings. The Bertz CT molecular complexity index is 706. The third-order valence-corrected chi connectivity index (χ3v) is 4.10. The van der Waals surface area contributed by atoms with Gasteiger partial charge in [0.2, 0.25) is 0 Å². The summed E-state index contributed by atoms with van der Waals surface area (Å²) in [5, 5.41) is 0. The number of carbonyl (C=O) groups is 1. The number of methoxy groups -OCH3 is 1. The molecule has 2 N–H and O–H groups in total. The largest absolute Gasteiger partial charge is 0.465 e. The van der Waals surface area contributed by atoms with Crippen molar-refractivity contribution in [1.29, 1.82) is 0 Å². The van der Waals surface area contributed by atoms with Crippen LogP contribution in [0, 0.1) is 6.92 Å². The minimum Gasteiger partial charge on any atom is -0.465 e. The van der Waals surface area contributed by atoms with Crippen molar-refractivity contribution in [3.05, 3.63) is 46.9 Å². The molecule has 0 bridgehead atoms. The Hall–Kier alpha value is -2.43. The van der Waals surface area contributed by atoms with Gasteiger partial charge in [-0.05, 0) is 43.5 Å². The van der Waals surface area contributed by atoms with Crippen LogP contribution in [0.25, 0.3) is 0 Å². The number of furan rings is 1. The summed E-state index contributed by atoms with van der Waals surface area (Å²) in [6.45, 7) is 3.34. The zero-order valence-corrected chi connectivity index (χ0v) is 12.9. The lowest BCUT2D eigenvalue weighted by atomic mass is 10.00. The summed E-state index contributed by atoms with van der Waals surface area (Å²) in [6.07, 6.45) is 2.06. The Morgan fingerprint density at radius 3 is 3.05 bits per heavy atom. The number of anilines is 2. The number of hydrogen-bond acceptors (Lipinski definition) is 5. The molecule has 2 aromatic rings. The van der Waals surface area contributed by atoms with Gasteiger partial charge in [0.15, 0.2) is 0 Å². The number of hydrogen-bond donors (Lipinski definition) is 1. The fraction of sp³-hybridized carbons (Fsp3) is 0.353. The van der Waals surface area contributed by atoms with Gasteiger partial charge >= 0.3 is 5.97 Å². The third kappa shape index (κ3) is 2.54. The van der Waals surface area contributed by atoms with Crippen molar-refractivity contribution in [2.24, 2.45) is 0 Å². The first-order valence-corrected chi connectivity index (χ1v) is 7.40. The van der Waals surface area contributed by atoms with Gasteiger partial charge in [-0.25, -0.2) is 4.79 Å². The summed E-state index contributed by atoms with van der Waals surface area (Å²) in [5.74, 6) is 0.982. The molecule has 3 rings (SSSR count). The van der Waals surface area contributed by atoms with Crippen molar-refractivity contribution in [1.82, 2.24) is 0 Å². The van der Waals surface area contributed by atoms with E-state index in [4.69, 9.17) is 14.9 Å². The van der Waals surface area contributed by atoms with E-state index < -0.39 is 0 Å². The molecule has 0 atom stereocenters. The van der Waals surface area contributed by atoms with Gasteiger partial charge in [0.25, 0.3) is 0 Å². The minimum atomic E-state index is -0.365. The van der Waals surface area contributed by atoms with E-state index in [1.165, 1.54) is 12.7 Å². The zero-order chi connectivity index (χ0) is 15.7. The standard InChI is InChI=1S/C17H20N2O3/c1-11-14(17(20)21-2)9-12(22-11)10-19-8-4-5-13-15(18)6-3-7-16(13)19/h3,6-7,9H,4-5,8,10,18H2,1-2H3. The molecule has 22 heavy (non-hydrogen) atoms. The van der Waals surface area contributed by atoms with Crippen LogP contribution in [0.2, 0.25) is 0 Å². The lowest BCUT2D eigenvalue weighted by Gasteiger charge is -2.31. The number of rotatable bonds is 3. The van der Waals surface area contributed by atoms with Gasteiger partial charge in [-0.1, -0.05) is 6.07 Å². The maximum atomic E-state index is 11.7. The highest BCUT2D eigenvalue weighted by Crippen LogP contribution is 2.32. The monoisotopic (exact) mass is 300 g/mol. The molecule has 1 aliphatic heterocycles. The lowest BCUT2D eigenvalue weighted by Crippen LogP contribution is -2.29. The number of aryl methyl sites for hydroxylation is 1. The lowest BCUT2D eigenvalue weighted by molar-refractivity contribution is 0.0599. The van der Waals surface area contributed by atoms with E-state index in [0.717, 1.165) is 36.5 Å². The molecule has 0 amide bonds. The van der Waals surface area contributed by atoms with Crippen molar-refractivity contribution < 1.29 is 13.9 Å². The van der Waals surface area contributed by atoms with Gasteiger partial charge in [0.05, 0.1) is 13.7 Å². The Morgan fingerprint density at radius 2 is 2.27 bits per heavy atom. The predicted octanol–water partition coefficient (Wildman–Crippen LogP) is 2.91. The van der Waals surface area contributed by atoms with E-state index in [-0.39, 0.29) is 5.97 Å². The van der Waals surface area contributed by atoms with Crippen molar-refractivity contribution in [2.45, 2.75) is 26.3 Å². The van der Waals surface area contributed by atoms with Gasteiger partial charge in [-0.15, -0.1) is 0 Å². The highest BCUT2D eigenvalue weighted by atomic mass is 16.5. The molecule has 1 aromatic carbocycles. The smallest absolute Gasteiger partial charge is 0.341 e. The van der Waals surface area contributed by atoms with E-state index in [1.54, 1.807) is 13.0 Å². The first-order valence-electron chi connectivity index (χ1n) is 7.40. The normalized spacial score (nSPS) is 13.8. The molecule has 1 aromatic heterocycles. The van der Waals surface area contributed by atoms with Gasteiger partial charge in [-0.2, -0.15) is 0 Å². The van der Waals surface area contributed by atoms with E-state index in [0.29, 0.717) is 17.9 Å². The fourth-order valence-corrected chi connectivity index (χ4v) is 3.01. The molecule has 5 nitrogen and oxygen atoms in total. The Morgan fingerprint density at radius 1 is 1.45 bits per heavy atom. The van der Waals surface area contributed by atoms with Crippen molar-refractivity contribution in [3.63, 3.8) is 0 Å². The Balaban J connectivity index is 1.86. The summed E-state index contributed by atoms with van der Waals surface area (Å²) < 4.78 is 10.5. The molecule has 0 radical (unpaired) electrons. The molecule has 0 unspecified atom stereocenters. The topological polar surface area (TPSA) is 68.7 Å². The quantitative estimate of drug-likeness (QED) is 0.697. The van der Waals surface area contributed by atoms with Gasteiger partial charge < -0.3 is 19.8 Å². The van der Waals surface area contributed by atoms with Crippen LogP contribution >= 0.6 is 0 Å². The van der Waals surface area contributed by atoms with Crippen molar-refractivity contribution >= 4 is 17.3 Å². The number of esters is 1. The average molecular weight is 300 g/mol. The van der Waals surface area contributed by atoms with E-state index in [1.807, 2.05) is 12.1 Å². The minimum absolute atomic E-state index is 0.365. The van der Waals surface area contributed by atoms with E-state index in [2.05, 4.69) is 11.0 Å². The summed E-state index contributed by atoms with van der Waals surface area (Å²) in [4.78, 5) is 13.9. The van der Waals surface area contributed by atoms with Crippen LogP contribution in [0.15, 0.2) is 28.7 Å². The van der Waals surface area contributed by atoms with Crippen LogP contribution in [-0.2, 0) is 17.7 Å². The number of nitrogens with zero attached hydrogens (tertiary/aromatic N) is 1. The maximum absolute atomic E-state index is 11.7. The molecule has 0 spiro atoms. The number of carbonyl (C=O) groups excluding carboxylic acids is 1. The number of nitrogens with two attached hydrogens (primary N) is 1. The number of nitrogen functional groups attached to an aromatic ring is 1.